The minimum absolute atomic E-state index is 0.0786. The summed E-state index contributed by atoms with van der Waals surface area (Å²) in [6.07, 6.45) is 7.01. The topological polar surface area (TPSA) is 97.3 Å². The van der Waals surface area contributed by atoms with E-state index in [2.05, 4.69) is 10.3 Å². The number of sulfonamides is 1. The number of nitrogens with one attached hydrogen (secondary N) is 2. The maximum absolute atomic E-state index is 12.2. The fourth-order valence-electron chi connectivity index (χ4n) is 2.82. The zero-order chi connectivity index (χ0) is 22.1. The van der Waals surface area contributed by atoms with E-state index in [0.717, 1.165) is 5.56 Å². The van der Waals surface area contributed by atoms with E-state index in [0.29, 0.717) is 12.0 Å². The molecule has 0 fully saturated rings. The van der Waals surface area contributed by atoms with Crippen LogP contribution in [0, 0.1) is 0 Å². The van der Waals surface area contributed by atoms with Crippen LogP contribution in [0.4, 0.5) is 0 Å². The van der Waals surface area contributed by atoms with E-state index in [1.54, 1.807) is 41.1 Å². The Morgan fingerprint density at radius 1 is 0.871 bits per heavy atom. The second-order valence-electron chi connectivity index (χ2n) is 6.86. The van der Waals surface area contributed by atoms with Gasteiger partial charge in [0, 0.05) is 18.0 Å². The number of carbonyl (C=O) groups excluding carboxylic acids is 2. The molecule has 0 saturated heterocycles. The predicted molar refractivity (Wildman–Crippen MR) is 119 cm³/mol. The number of ketones is 1. The first kappa shape index (κ1) is 22.2. The Kier molecular flexibility index (Phi) is 7.53. The number of hydrogen-bond acceptors (Lipinski definition) is 4. The van der Waals surface area contributed by atoms with Crippen LogP contribution in [0.5, 0.6) is 0 Å². The van der Waals surface area contributed by atoms with E-state index >= 15 is 0 Å². The van der Waals surface area contributed by atoms with Crippen LogP contribution in [0.25, 0.3) is 0 Å². The van der Waals surface area contributed by atoms with Crippen LogP contribution in [-0.4, -0.2) is 30.4 Å². The highest BCUT2D eigenvalue weighted by Crippen LogP contribution is 2.06. The molecule has 0 aliphatic rings. The number of aromatic nitrogens is 1. The summed E-state index contributed by atoms with van der Waals surface area (Å²) < 4.78 is 25.7. The first-order valence-corrected chi connectivity index (χ1v) is 11.3. The first-order valence-electron chi connectivity index (χ1n) is 9.66. The van der Waals surface area contributed by atoms with Crippen molar-refractivity contribution in [1.82, 2.24) is 14.8 Å². The molecule has 2 N–H and O–H groups in total. The van der Waals surface area contributed by atoms with Crippen LogP contribution in [0.2, 0.25) is 0 Å². The molecule has 2 aromatic carbocycles. The molecule has 160 valence electrons. The van der Waals surface area contributed by atoms with Gasteiger partial charge in [0.2, 0.25) is 10.0 Å². The van der Waals surface area contributed by atoms with Crippen LogP contribution in [0.3, 0.4) is 0 Å². The molecule has 1 aromatic heterocycles. The van der Waals surface area contributed by atoms with Gasteiger partial charge in [-0.15, -0.1) is 4.83 Å². The lowest BCUT2D eigenvalue weighted by atomic mass is 10.1. The quantitative estimate of drug-likeness (QED) is 0.290. The van der Waals surface area contributed by atoms with Crippen molar-refractivity contribution < 1.29 is 18.0 Å². The summed E-state index contributed by atoms with van der Waals surface area (Å²) >= 11 is 0. The van der Waals surface area contributed by atoms with Gasteiger partial charge in [-0.2, -0.15) is 0 Å². The van der Waals surface area contributed by atoms with Gasteiger partial charge < -0.3 is 4.57 Å². The van der Waals surface area contributed by atoms with Crippen LogP contribution in [0.15, 0.2) is 91.3 Å². The molecule has 3 aromatic rings. The molecule has 0 aliphatic heterocycles. The third-order valence-electron chi connectivity index (χ3n) is 4.43. The zero-order valence-electron chi connectivity index (χ0n) is 16.8. The fraction of sp³-hybridized carbons (Fsp3) is 0.130. The molecule has 7 nitrogen and oxygen atoms in total. The van der Waals surface area contributed by atoms with Gasteiger partial charge in [-0.05, 0) is 18.1 Å². The van der Waals surface area contributed by atoms with Crippen molar-refractivity contribution in [2.24, 2.45) is 0 Å². The standard InChI is InChI=1S/C23H23N3O4S/c27-22(20-12-5-2-6-13-20)18-26-15-14-21(17-26)23(28)24-25-31(29,30)16-8-7-11-19-9-3-1-4-10-19/h1-10,12-15,17,25H,11,16,18H2,(H,24,28). The third kappa shape index (κ3) is 7.06. The summed E-state index contributed by atoms with van der Waals surface area (Å²) in [6, 6.07) is 20.0. The maximum Gasteiger partial charge on any atom is 0.267 e. The average Bonchev–Trinajstić information content (AvgIpc) is 3.25. The smallest absolute Gasteiger partial charge is 0.267 e. The maximum atomic E-state index is 12.2. The van der Waals surface area contributed by atoms with E-state index in [-0.39, 0.29) is 23.6 Å². The van der Waals surface area contributed by atoms with Gasteiger partial charge in [-0.25, -0.2) is 8.42 Å². The summed E-state index contributed by atoms with van der Waals surface area (Å²) in [7, 11) is -3.72. The molecule has 1 heterocycles. The average molecular weight is 438 g/mol. The van der Waals surface area contributed by atoms with Crippen LogP contribution in [-0.2, 0) is 23.0 Å². The molecule has 8 heteroatoms. The lowest BCUT2D eigenvalue weighted by Gasteiger charge is -2.06. The minimum Gasteiger partial charge on any atom is -0.346 e. The number of carbonyl (C=O) groups is 2. The Morgan fingerprint density at radius 3 is 2.26 bits per heavy atom. The van der Waals surface area contributed by atoms with E-state index in [9.17, 15) is 18.0 Å². The summed E-state index contributed by atoms with van der Waals surface area (Å²) in [5, 5.41) is 0. The minimum atomic E-state index is -3.72. The molecule has 3 rings (SSSR count). The number of hydrazine groups is 1. The van der Waals surface area contributed by atoms with Gasteiger partial charge in [0.05, 0.1) is 17.9 Å². The monoisotopic (exact) mass is 437 g/mol. The van der Waals surface area contributed by atoms with Gasteiger partial charge in [-0.3, -0.25) is 15.0 Å². The molecule has 0 spiro atoms. The highest BCUT2D eigenvalue weighted by atomic mass is 32.2. The van der Waals surface area contributed by atoms with Crippen molar-refractivity contribution >= 4 is 21.7 Å². The Hall–Kier alpha value is -3.49. The molecular formula is C23H23N3O4S. The number of nitrogens with zero attached hydrogens (tertiary/aromatic N) is 1. The lowest BCUT2D eigenvalue weighted by molar-refractivity contribution is 0.0940. The highest BCUT2D eigenvalue weighted by molar-refractivity contribution is 7.89. The van der Waals surface area contributed by atoms with E-state index in [1.807, 2.05) is 36.4 Å². The van der Waals surface area contributed by atoms with Crippen molar-refractivity contribution in [3.63, 3.8) is 0 Å². The summed E-state index contributed by atoms with van der Waals surface area (Å²) in [4.78, 5) is 26.5. The molecule has 1 amide bonds. The molecular weight excluding hydrogens is 414 g/mol. The number of rotatable bonds is 10. The van der Waals surface area contributed by atoms with Gasteiger partial charge in [0.1, 0.15) is 0 Å². The number of amides is 1. The third-order valence-corrected chi connectivity index (χ3v) is 5.48. The molecule has 0 atom stereocenters. The number of hydrogen-bond donors (Lipinski definition) is 2. The Balaban J connectivity index is 1.47. The number of allylic oxidation sites excluding steroid dienone is 1. The number of Topliss-reactive ketones (excluding diaryl/α,β-unsaturated/α-hetero) is 1. The van der Waals surface area contributed by atoms with E-state index < -0.39 is 15.9 Å². The van der Waals surface area contributed by atoms with Gasteiger partial charge in [-0.1, -0.05) is 72.8 Å². The summed E-state index contributed by atoms with van der Waals surface area (Å²) in [5.41, 5.74) is 4.08. The van der Waals surface area contributed by atoms with Crippen LogP contribution >= 0.6 is 0 Å². The largest absolute Gasteiger partial charge is 0.346 e. The molecule has 0 unspecified atom stereocenters. The molecule has 0 aliphatic carbocycles. The second-order valence-corrected chi connectivity index (χ2v) is 8.63. The SMILES string of the molecule is O=C(Cn1ccc(C(=O)NNS(=O)(=O)CC=CCc2ccccc2)c1)c1ccccc1. The fourth-order valence-corrected chi connectivity index (χ4v) is 3.54. The van der Waals surface area contributed by atoms with E-state index in [4.69, 9.17) is 0 Å². The van der Waals surface area contributed by atoms with Gasteiger partial charge >= 0.3 is 0 Å². The Bertz CT molecular complexity index is 1150. The molecule has 0 saturated carbocycles. The molecule has 0 bridgehead atoms. The highest BCUT2D eigenvalue weighted by Gasteiger charge is 2.13. The second kappa shape index (κ2) is 10.5. The lowest BCUT2D eigenvalue weighted by Crippen LogP contribution is -2.42. The van der Waals surface area contributed by atoms with Crippen molar-refractivity contribution in [3.8, 4) is 0 Å². The van der Waals surface area contributed by atoms with Crippen molar-refractivity contribution in [2.75, 3.05) is 5.75 Å². The van der Waals surface area contributed by atoms with Crippen LogP contribution in [0.1, 0.15) is 26.3 Å². The van der Waals surface area contributed by atoms with Crippen molar-refractivity contribution in [3.05, 3.63) is 108 Å². The summed E-state index contributed by atoms with van der Waals surface area (Å²) in [6.45, 7) is 0.0786. The molecule has 31 heavy (non-hydrogen) atoms. The van der Waals surface area contributed by atoms with Crippen molar-refractivity contribution in [1.29, 1.82) is 0 Å². The molecule has 0 radical (unpaired) electrons. The van der Waals surface area contributed by atoms with Gasteiger partial charge in [0.15, 0.2) is 5.78 Å². The predicted octanol–water partition coefficient (Wildman–Crippen LogP) is 2.73. The number of benzene rings is 2. The summed E-state index contributed by atoms with van der Waals surface area (Å²) in [5.74, 6) is -0.957. The normalized spacial score (nSPS) is 11.5. The zero-order valence-corrected chi connectivity index (χ0v) is 17.6. The first-order chi connectivity index (χ1) is 14.9. The Labute approximate surface area is 181 Å². The van der Waals surface area contributed by atoms with Crippen LogP contribution < -0.4 is 10.3 Å². The Morgan fingerprint density at radius 2 is 1.55 bits per heavy atom. The van der Waals surface area contributed by atoms with E-state index in [1.165, 1.54) is 18.3 Å². The van der Waals surface area contributed by atoms with Gasteiger partial charge in [0.25, 0.3) is 5.91 Å². The van der Waals surface area contributed by atoms with Crippen molar-refractivity contribution in [2.45, 2.75) is 13.0 Å².